The Bertz CT molecular complexity index is 1320. The molecule has 2 aromatic carbocycles. The molecular formula is C25H29B4N3O6. The number of piperidine rings is 1. The van der Waals surface area contributed by atoms with Crippen LogP contribution in [0.4, 0.5) is 0 Å². The summed E-state index contributed by atoms with van der Waals surface area (Å²) in [6.45, 7) is 1.50. The van der Waals surface area contributed by atoms with Gasteiger partial charge in [0.1, 0.15) is 41.9 Å². The normalized spacial score (nSPS) is 21.2. The van der Waals surface area contributed by atoms with Gasteiger partial charge < -0.3 is 19.3 Å². The lowest BCUT2D eigenvalue weighted by Gasteiger charge is -2.34. The highest BCUT2D eigenvalue weighted by Gasteiger charge is 2.40. The molecule has 1 N–H and O–H groups in total. The van der Waals surface area contributed by atoms with Crippen LogP contribution in [0.2, 0.25) is 0 Å². The predicted molar refractivity (Wildman–Crippen MR) is 151 cm³/mol. The lowest BCUT2D eigenvalue weighted by atomic mass is 9.71. The molecule has 0 saturated carbocycles. The van der Waals surface area contributed by atoms with Crippen LogP contribution in [0, 0.1) is 0 Å². The Morgan fingerprint density at radius 1 is 1.08 bits per heavy atom. The minimum absolute atomic E-state index is 0.00124. The van der Waals surface area contributed by atoms with Gasteiger partial charge in [-0.05, 0) is 29.7 Å². The van der Waals surface area contributed by atoms with Crippen molar-refractivity contribution in [2.45, 2.75) is 37.4 Å². The van der Waals surface area contributed by atoms with Crippen LogP contribution in [0.25, 0.3) is 0 Å². The van der Waals surface area contributed by atoms with E-state index < -0.39 is 11.9 Å². The second-order valence-corrected chi connectivity index (χ2v) is 10.3. The van der Waals surface area contributed by atoms with Gasteiger partial charge >= 0.3 is 0 Å². The molecule has 192 valence electrons. The van der Waals surface area contributed by atoms with Crippen molar-refractivity contribution >= 4 is 65.9 Å². The Hall–Kier alpha value is -3.46. The van der Waals surface area contributed by atoms with Crippen LogP contribution in [0.5, 0.6) is 5.75 Å². The molecule has 13 heteroatoms. The van der Waals surface area contributed by atoms with E-state index >= 15 is 0 Å². The number of carbonyl (C=O) groups is 4. The number of hydrogen-bond acceptors (Lipinski definition) is 6. The number of hydrogen-bond donors (Lipinski definition) is 1. The van der Waals surface area contributed by atoms with Crippen LogP contribution in [-0.4, -0.2) is 90.6 Å². The van der Waals surface area contributed by atoms with E-state index in [0.29, 0.717) is 30.9 Å². The van der Waals surface area contributed by atoms with Gasteiger partial charge in [-0.25, -0.2) is 0 Å². The topological polar surface area (TPSA) is 105 Å². The number of rotatable bonds is 6. The predicted octanol–water partition coefficient (Wildman–Crippen LogP) is -3.83. The number of amides is 4. The first-order chi connectivity index (χ1) is 18.2. The second kappa shape index (κ2) is 10.4. The average Bonchev–Trinajstić information content (AvgIpc) is 3.20. The van der Waals surface area contributed by atoms with E-state index in [1.807, 2.05) is 42.4 Å². The van der Waals surface area contributed by atoms with Crippen LogP contribution in [0.1, 0.15) is 51.8 Å². The van der Waals surface area contributed by atoms with Crippen LogP contribution < -0.4 is 21.0 Å². The molecular weight excluding hydrogens is 482 g/mol. The molecule has 3 aliphatic rings. The van der Waals surface area contributed by atoms with E-state index in [-0.39, 0.29) is 49.2 Å². The lowest BCUT2D eigenvalue weighted by molar-refractivity contribution is -0.143. The molecule has 0 spiro atoms. The van der Waals surface area contributed by atoms with Gasteiger partial charge in [0.2, 0.25) is 17.7 Å². The van der Waals surface area contributed by atoms with Crippen LogP contribution >= 0.6 is 0 Å². The molecule has 4 amide bonds. The molecule has 3 heterocycles. The zero-order valence-corrected chi connectivity index (χ0v) is 22.2. The smallest absolute Gasteiger partial charge is 0.255 e. The van der Waals surface area contributed by atoms with Crippen LogP contribution in [0.3, 0.4) is 0 Å². The molecule has 0 bridgehead atoms. The fraction of sp³-hybridized carbons (Fsp3) is 0.360. The van der Waals surface area contributed by atoms with Gasteiger partial charge in [0.25, 0.3) is 5.91 Å². The molecule has 0 aliphatic carbocycles. The Labute approximate surface area is 225 Å². The van der Waals surface area contributed by atoms with Crippen molar-refractivity contribution in [2.75, 3.05) is 19.8 Å². The molecule has 0 radical (unpaired) electrons. The number of nitrogens with zero attached hydrogens (tertiary/aromatic N) is 2. The highest BCUT2D eigenvalue weighted by molar-refractivity contribution is 6.41. The van der Waals surface area contributed by atoms with Crippen molar-refractivity contribution < 1.29 is 28.7 Å². The average molecular weight is 511 g/mol. The standard InChI is InChI=1S/C25H29B4N3O6/c26-15-8-12(22(28)31-6-7-37-11-20(31)34)9-16(27)21(15)23(29)38-18-3-1-2-13-14(18)10-32(25(13)36)17-4-5-19(33)30-24(17)35/h1-3,8-9,17,22-23H,4-7,10-11,26-29H2,(H,30,33,35). The summed E-state index contributed by atoms with van der Waals surface area (Å²) in [6.07, 6.45) is 0.528. The zero-order chi connectivity index (χ0) is 27.1. The zero-order valence-electron chi connectivity index (χ0n) is 22.2. The van der Waals surface area contributed by atoms with Crippen LogP contribution in [0.15, 0.2) is 30.3 Å². The first kappa shape index (κ1) is 26.2. The first-order valence-corrected chi connectivity index (χ1v) is 13.1. The fourth-order valence-electron chi connectivity index (χ4n) is 5.93. The number of fused-ring (bicyclic) bond motifs is 1. The summed E-state index contributed by atoms with van der Waals surface area (Å²) in [4.78, 5) is 52.9. The molecule has 0 aromatic heterocycles. The first-order valence-electron chi connectivity index (χ1n) is 13.1. The molecule has 2 aromatic rings. The van der Waals surface area contributed by atoms with Crippen molar-refractivity contribution in [2.24, 2.45) is 0 Å². The molecule has 3 aliphatic heterocycles. The SMILES string of the molecule is Bc1cc(C(B)N2CCOCC2=O)cc(B)c1C(B)Oc1cccc2c1CN(C1CCC(=O)NC1=O)C2=O. The van der Waals surface area contributed by atoms with E-state index in [1.54, 1.807) is 12.1 Å². The van der Waals surface area contributed by atoms with Gasteiger partial charge in [-0.15, -0.1) is 0 Å². The molecule has 9 nitrogen and oxygen atoms in total. The van der Waals surface area contributed by atoms with Gasteiger partial charge in [-0.1, -0.05) is 29.1 Å². The Balaban J connectivity index is 1.36. The quantitative estimate of drug-likeness (QED) is 0.315. The van der Waals surface area contributed by atoms with Gasteiger partial charge in [0.05, 0.1) is 19.2 Å². The molecule has 2 saturated heterocycles. The van der Waals surface area contributed by atoms with E-state index in [0.717, 1.165) is 27.6 Å². The summed E-state index contributed by atoms with van der Waals surface area (Å²) in [7, 11) is 8.11. The monoisotopic (exact) mass is 511 g/mol. The summed E-state index contributed by atoms with van der Waals surface area (Å²) in [5.74, 6) is -0.424. The molecule has 38 heavy (non-hydrogen) atoms. The van der Waals surface area contributed by atoms with E-state index in [9.17, 15) is 19.2 Å². The summed E-state index contributed by atoms with van der Waals surface area (Å²) < 4.78 is 11.7. The molecule has 3 unspecified atom stereocenters. The maximum atomic E-state index is 13.2. The summed E-state index contributed by atoms with van der Waals surface area (Å²) in [6, 6.07) is 8.64. The summed E-state index contributed by atoms with van der Waals surface area (Å²) >= 11 is 0. The number of imide groups is 1. The number of morpholine rings is 1. The van der Waals surface area contributed by atoms with Crippen molar-refractivity contribution in [3.05, 3.63) is 52.6 Å². The number of ether oxygens (including phenoxy) is 2. The number of benzene rings is 2. The van der Waals surface area contributed by atoms with Gasteiger partial charge in [0, 0.05) is 30.0 Å². The minimum Gasteiger partial charge on any atom is -0.495 e. The third-order valence-corrected chi connectivity index (χ3v) is 7.84. The van der Waals surface area contributed by atoms with Gasteiger partial charge in [-0.2, -0.15) is 0 Å². The van der Waals surface area contributed by atoms with Crippen molar-refractivity contribution in [1.29, 1.82) is 0 Å². The van der Waals surface area contributed by atoms with Crippen molar-refractivity contribution in [3.8, 4) is 5.75 Å². The summed E-state index contributed by atoms with van der Waals surface area (Å²) in [5.41, 5.74) is 5.52. The summed E-state index contributed by atoms with van der Waals surface area (Å²) in [5, 5.41) is 2.34. The minimum atomic E-state index is -0.671. The highest BCUT2D eigenvalue weighted by Crippen LogP contribution is 2.35. The third kappa shape index (κ3) is 4.75. The van der Waals surface area contributed by atoms with Crippen molar-refractivity contribution in [3.63, 3.8) is 0 Å². The largest absolute Gasteiger partial charge is 0.495 e. The molecule has 2 fully saturated rings. The van der Waals surface area contributed by atoms with E-state index in [4.69, 9.17) is 9.47 Å². The third-order valence-electron chi connectivity index (χ3n) is 7.84. The van der Waals surface area contributed by atoms with Gasteiger partial charge in [0.15, 0.2) is 7.85 Å². The number of carbonyl (C=O) groups excluding carboxylic acids is 4. The molecule has 5 rings (SSSR count). The highest BCUT2D eigenvalue weighted by atomic mass is 16.5. The molecule has 3 atom stereocenters. The second-order valence-electron chi connectivity index (χ2n) is 10.3. The van der Waals surface area contributed by atoms with E-state index in [2.05, 4.69) is 17.4 Å². The fourth-order valence-corrected chi connectivity index (χ4v) is 5.93. The maximum Gasteiger partial charge on any atom is 0.255 e. The van der Waals surface area contributed by atoms with Crippen LogP contribution in [-0.2, 0) is 25.7 Å². The Morgan fingerprint density at radius 2 is 1.82 bits per heavy atom. The Morgan fingerprint density at radius 3 is 2.50 bits per heavy atom. The Kier molecular flexibility index (Phi) is 7.13. The number of nitrogens with one attached hydrogen (secondary N) is 1. The van der Waals surface area contributed by atoms with E-state index in [1.165, 1.54) is 4.90 Å². The van der Waals surface area contributed by atoms with Crippen molar-refractivity contribution in [1.82, 2.24) is 15.1 Å². The maximum absolute atomic E-state index is 13.2. The lowest BCUT2D eigenvalue weighted by Crippen LogP contribution is -2.52. The van der Waals surface area contributed by atoms with Gasteiger partial charge in [-0.3, -0.25) is 24.5 Å².